The summed E-state index contributed by atoms with van der Waals surface area (Å²) in [5, 5.41) is 3.15. The average molecular weight is 283 g/mol. The van der Waals surface area contributed by atoms with Crippen molar-refractivity contribution in [1.29, 1.82) is 0 Å². The third kappa shape index (κ3) is 5.85. The normalized spacial score (nSPS) is 13.6. The van der Waals surface area contributed by atoms with Gasteiger partial charge in [0.15, 0.2) is 5.13 Å². The highest BCUT2D eigenvalue weighted by atomic mass is 32.1. The van der Waals surface area contributed by atoms with E-state index in [9.17, 15) is 4.79 Å². The molecule has 0 fully saturated rings. The van der Waals surface area contributed by atoms with Gasteiger partial charge in [0.2, 0.25) is 0 Å². The summed E-state index contributed by atoms with van der Waals surface area (Å²) in [5.74, 6) is 0. The van der Waals surface area contributed by atoms with E-state index in [-0.39, 0.29) is 6.04 Å². The minimum Gasteiger partial charge on any atom is -0.444 e. The number of aryl methyl sites for hydroxylation is 1. The van der Waals surface area contributed by atoms with Gasteiger partial charge in [-0.2, -0.15) is 0 Å². The van der Waals surface area contributed by atoms with Gasteiger partial charge in [-0.15, -0.1) is 0 Å². The molecule has 0 aliphatic heterocycles. The molecule has 0 saturated carbocycles. The lowest BCUT2D eigenvalue weighted by Gasteiger charge is -2.18. The maximum Gasteiger partial charge on any atom is 0.413 e. The van der Waals surface area contributed by atoms with Crippen LogP contribution in [0, 0.1) is 6.92 Å². The average Bonchev–Trinajstić information content (AvgIpc) is 2.52. The molecule has 19 heavy (non-hydrogen) atoms. The number of nitrogens with two attached hydrogens (primary N) is 1. The van der Waals surface area contributed by atoms with Crippen molar-refractivity contribution in [3.05, 3.63) is 16.6 Å². The van der Waals surface area contributed by atoms with Crippen LogP contribution in [0.4, 0.5) is 9.93 Å². The number of thiazole rings is 1. The summed E-state index contributed by atoms with van der Waals surface area (Å²) < 4.78 is 5.17. The van der Waals surface area contributed by atoms with Crippen LogP contribution in [0.15, 0.2) is 6.08 Å². The van der Waals surface area contributed by atoms with Crippen molar-refractivity contribution < 1.29 is 9.53 Å². The third-order valence-electron chi connectivity index (χ3n) is 1.99. The maximum absolute atomic E-state index is 11.6. The fraction of sp³-hybridized carbons (Fsp3) is 0.538. The van der Waals surface area contributed by atoms with Gasteiger partial charge in [0.1, 0.15) is 5.60 Å². The van der Waals surface area contributed by atoms with Crippen LogP contribution < -0.4 is 11.1 Å². The number of aromatic nitrogens is 1. The lowest BCUT2D eigenvalue weighted by molar-refractivity contribution is 0.0636. The highest BCUT2D eigenvalue weighted by Gasteiger charge is 2.17. The second-order valence-corrected chi connectivity index (χ2v) is 6.34. The molecule has 0 radical (unpaired) electrons. The number of nitrogens with zero attached hydrogens (tertiary/aromatic N) is 1. The lowest BCUT2D eigenvalue weighted by Crippen LogP contribution is -2.27. The Kier molecular flexibility index (Phi) is 5.08. The summed E-state index contributed by atoms with van der Waals surface area (Å²) in [6.45, 7) is 9.23. The summed E-state index contributed by atoms with van der Waals surface area (Å²) in [6, 6.07) is -0.0104. The minimum atomic E-state index is -0.520. The molecular formula is C13H21N3O2S. The molecule has 0 saturated heterocycles. The fourth-order valence-electron chi connectivity index (χ4n) is 1.25. The molecule has 1 aromatic heterocycles. The molecule has 1 heterocycles. The Morgan fingerprint density at radius 3 is 2.68 bits per heavy atom. The van der Waals surface area contributed by atoms with Gasteiger partial charge in [-0.25, -0.2) is 9.78 Å². The summed E-state index contributed by atoms with van der Waals surface area (Å²) in [7, 11) is 0. The van der Waals surface area contributed by atoms with Crippen molar-refractivity contribution >= 4 is 28.6 Å². The monoisotopic (exact) mass is 283 g/mol. The summed E-state index contributed by atoms with van der Waals surface area (Å²) in [5.41, 5.74) is 5.99. The van der Waals surface area contributed by atoms with E-state index in [1.54, 1.807) is 0 Å². The van der Waals surface area contributed by atoms with Crippen molar-refractivity contribution in [3.8, 4) is 0 Å². The van der Waals surface area contributed by atoms with E-state index in [4.69, 9.17) is 10.5 Å². The Hall–Kier alpha value is -1.40. The van der Waals surface area contributed by atoms with Crippen LogP contribution in [-0.4, -0.2) is 22.7 Å². The second kappa shape index (κ2) is 6.16. The molecule has 0 spiro atoms. The van der Waals surface area contributed by atoms with E-state index in [2.05, 4.69) is 10.3 Å². The number of anilines is 1. The van der Waals surface area contributed by atoms with Crippen LogP contribution in [0.1, 0.15) is 38.3 Å². The molecule has 0 bridgehead atoms. The van der Waals surface area contributed by atoms with Crippen LogP contribution in [0.2, 0.25) is 0 Å². The van der Waals surface area contributed by atoms with Crippen molar-refractivity contribution in [2.45, 2.75) is 46.3 Å². The molecule has 106 valence electrons. The predicted molar refractivity (Wildman–Crippen MR) is 79.4 cm³/mol. The van der Waals surface area contributed by atoms with Crippen molar-refractivity contribution in [2.75, 3.05) is 5.32 Å². The van der Waals surface area contributed by atoms with Gasteiger partial charge < -0.3 is 10.5 Å². The number of rotatable bonds is 3. The first-order chi connectivity index (χ1) is 8.67. The van der Waals surface area contributed by atoms with E-state index in [1.165, 1.54) is 11.3 Å². The number of hydrogen-bond acceptors (Lipinski definition) is 5. The standard InChI is InChI=1S/C13H21N3O2S/c1-8(14)6-7-10-9(2)15-11(19-10)16-12(17)18-13(3,4)5/h6-8H,14H2,1-5H3,(H,15,16,17)/b7-6+. The molecule has 1 unspecified atom stereocenters. The Balaban J connectivity index is 2.71. The van der Waals surface area contributed by atoms with Crippen LogP contribution in [0.3, 0.4) is 0 Å². The minimum absolute atomic E-state index is 0.0104. The molecule has 0 aliphatic carbocycles. The van der Waals surface area contributed by atoms with Crippen LogP contribution in [0.5, 0.6) is 0 Å². The van der Waals surface area contributed by atoms with Gasteiger partial charge in [-0.05, 0) is 40.7 Å². The first kappa shape index (κ1) is 15.7. The lowest BCUT2D eigenvalue weighted by atomic mass is 10.2. The zero-order valence-electron chi connectivity index (χ0n) is 12.0. The molecule has 0 aliphatic rings. The molecule has 3 N–H and O–H groups in total. The SMILES string of the molecule is Cc1nc(NC(=O)OC(C)(C)C)sc1/C=C/C(C)N. The smallest absolute Gasteiger partial charge is 0.413 e. The van der Waals surface area contributed by atoms with E-state index in [0.717, 1.165) is 10.6 Å². The number of carbonyl (C=O) groups excluding carboxylic acids is 1. The topological polar surface area (TPSA) is 77.2 Å². The van der Waals surface area contributed by atoms with E-state index >= 15 is 0 Å². The zero-order valence-corrected chi connectivity index (χ0v) is 12.8. The second-order valence-electron chi connectivity index (χ2n) is 5.31. The molecule has 6 heteroatoms. The molecule has 1 amide bonds. The first-order valence-corrected chi connectivity index (χ1v) is 6.90. The van der Waals surface area contributed by atoms with Crippen molar-refractivity contribution in [3.63, 3.8) is 0 Å². The van der Waals surface area contributed by atoms with E-state index in [0.29, 0.717) is 5.13 Å². The van der Waals surface area contributed by atoms with Crippen LogP contribution >= 0.6 is 11.3 Å². The molecule has 1 rings (SSSR count). The van der Waals surface area contributed by atoms with Gasteiger partial charge in [-0.1, -0.05) is 17.4 Å². The summed E-state index contributed by atoms with van der Waals surface area (Å²) >= 11 is 1.39. The number of amides is 1. The van der Waals surface area contributed by atoms with Crippen molar-refractivity contribution in [2.24, 2.45) is 5.73 Å². The number of ether oxygens (including phenoxy) is 1. The summed E-state index contributed by atoms with van der Waals surface area (Å²) in [4.78, 5) is 16.9. The fourth-order valence-corrected chi connectivity index (χ4v) is 2.11. The van der Waals surface area contributed by atoms with Gasteiger partial charge in [0.25, 0.3) is 0 Å². The Morgan fingerprint density at radius 2 is 2.16 bits per heavy atom. The Labute approximate surface area is 117 Å². The van der Waals surface area contributed by atoms with Gasteiger partial charge in [-0.3, -0.25) is 5.32 Å². The van der Waals surface area contributed by atoms with Crippen LogP contribution in [-0.2, 0) is 4.74 Å². The van der Waals surface area contributed by atoms with Crippen LogP contribution in [0.25, 0.3) is 6.08 Å². The van der Waals surface area contributed by atoms with Gasteiger partial charge >= 0.3 is 6.09 Å². The maximum atomic E-state index is 11.6. The van der Waals surface area contributed by atoms with Gasteiger partial charge in [0, 0.05) is 6.04 Å². The number of carbonyl (C=O) groups is 1. The zero-order chi connectivity index (χ0) is 14.6. The largest absolute Gasteiger partial charge is 0.444 e. The third-order valence-corrected chi connectivity index (χ3v) is 3.03. The first-order valence-electron chi connectivity index (χ1n) is 6.08. The Morgan fingerprint density at radius 1 is 1.53 bits per heavy atom. The molecule has 1 atom stereocenters. The highest BCUT2D eigenvalue weighted by Crippen LogP contribution is 2.24. The predicted octanol–water partition coefficient (Wildman–Crippen LogP) is 3.16. The summed E-state index contributed by atoms with van der Waals surface area (Å²) in [6.07, 6.45) is 3.30. The van der Waals surface area contributed by atoms with E-state index < -0.39 is 11.7 Å². The van der Waals surface area contributed by atoms with E-state index in [1.807, 2.05) is 46.8 Å². The number of nitrogens with one attached hydrogen (secondary N) is 1. The Bertz CT molecular complexity index is 473. The molecular weight excluding hydrogens is 262 g/mol. The number of hydrogen-bond donors (Lipinski definition) is 2. The van der Waals surface area contributed by atoms with Gasteiger partial charge in [0.05, 0.1) is 10.6 Å². The highest BCUT2D eigenvalue weighted by molar-refractivity contribution is 7.16. The molecule has 5 nitrogen and oxygen atoms in total. The van der Waals surface area contributed by atoms with Crippen molar-refractivity contribution in [1.82, 2.24) is 4.98 Å². The molecule has 1 aromatic rings. The quantitative estimate of drug-likeness (QED) is 0.893. The molecule has 0 aromatic carbocycles.